The summed E-state index contributed by atoms with van der Waals surface area (Å²) in [5.41, 5.74) is 0. The zero-order valence-corrected chi connectivity index (χ0v) is 7.08. The van der Waals surface area contributed by atoms with E-state index in [-0.39, 0.29) is 0 Å². The molecule has 0 bridgehead atoms. The van der Waals surface area contributed by atoms with Gasteiger partial charge in [-0.2, -0.15) is 0 Å². The molecule has 0 radical (unpaired) electrons. The highest BCUT2D eigenvalue weighted by Crippen LogP contribution is 2.15. The molecule has 0 aliphatic carbocycles. The van der Waals surface area contributed by atoms with E-state index in [1.54, 1.807) is 6.08 Å². The van der Waals surface area contributed by atoms with Crippen molar-refractivity contribution in [2.75, 3.05) is 13.2 Å². The fourth-order valence-electron chi connectivity index (χ4n) is 1.19. The van der Waals surface area contributed by atoms with Crippen molar-refractivity contribution >= 4 is 0 Å². The summed E-state index contributed by atoms with van der Waals surface area (Å²) >= 11 is 0. The maximum atomic E-state index is 5.44. The first-order chi connectivity index (χ1) is 5.33. The fraction of sp³-hybridized carbons (Fsp3) is 0.778. The normalized spacial score (nSPS) is 31.7. The topological polar surface area (TPSA) is 18.5 Å². The fourth-order valence-corrected chi connectivity index (χ4v) is 1.19. The Balaban J connectivity index is 2.12. The van der Waals surface area contributed by atoms with E-state index < -0.39 is 0 Å². The van der Waals surface area contributed by atoms with Crippen LogP contribution < -0.4 is 0 Å². The molecule has 0 amide bonds. The van der Waals surface area contributed by atoms with Gasteiger partial charge in [0.15, 0.2) is 0 Å². The first kappa shape index (κ1) is 8.75. The monoisotopic (exact) mass is 156 g/mol. The molecule has 1 saturated heterocycles. The van der Waals surface area contributed by atoms with Crippen LogP contribution in [0, 0.1) is 0 Å². The summed E-state index contributed by atoms with van der Waals surface area (Å²) in [4.78, 5) is 0. The first-order valence-corrected chi connectivity index (χ1v) is 4.17. The minimum atomic E-state index is 0.296. The van der Waals surface area contributed by atoms with Gasteiger partial charge in [0.1, 0.15) is 0 Å². The molecule has 1 fully saturated rings. The molecule has 0 saturated carbocycles. The van der Waals surface area contributed by atoms with Gasteiger partial charge in [0.05, 0.1) is 25.4 Å². The minimum Gasteiger partial charge on any atom is -0.376 e. The zero-order chi connectivity index (χ0) is 8.10. The largest absolute Gasteiger partial charge is 0.376 e. The standard InChI is InChI=1S/C9H16O2/c1-3-6-10-9-5-4-8(2)11-7-9/h3,8-9H,1,4-7H2,2H3. The summed E-state index contributed by atoms with van der Waals surface area (Å²) in [7, 11) is 0. The van der Waals surface area contributed by atoms with Crippen LogP contribution in [-0.4, -0.2) is 25.4 Å². The Bertz CT molecular complexity index is 115. The van der Waals surface area contributed by atoms with E-state index in [1.165, 1.54) is 0 Å². The predicted octanol–water partition coefficient (Wildman–Crippen LogP) is 1.76. The van der Waals surface area contributed by atoms with Gasteiger partial charge >= 0.3 is 0 Å². The molecule has 0 spiro atoms. The molecule has 2 heteroatoms. The lowest BCUT2D eigenvalue weighted by Crippen LogP contribution is -2.29. The molecule has 2 nitrogen and oxygen atoms in total. The van der Waals surface area contributed by atoms with Crippen molar-refractivity contribution in [3.05, 3.63) is 12.7 Å². The van der Waals surface area contributed by atoms with Crippen LogP contribution >= 0.6 is 0 Å². The van der Waals surface area contributed by atoms with Crippen molar-refractivity contribution in [2.24, 2.45) is 0 Å². The lowest BCUT2D eigenvalue weighted by molar-refractivity contribution is -0.0728. The van der Waals surface area contributed by atoms with Crippen LogP contribution in [0.5, 0.6) is 0 Å². The minimum absolute atomic E-state index is 0.296. The van der Waals surface area contributed by atoms with Crippen LogP contribution in [0.4, 0.5) is 0 Å². The molecule has 0 N–H and O–H groups in total. The van der Waals surface area contributed by atoms with E-state index >= 15 is 0 Å². The molecule has 0 aromatic heterocycles. The molecule has 1 rings (SSSR count). The maximum absolute atomic E-state index is 5.44. The van der Waals surface area contributed by atoms with Gasteiger partial charge in [-0.3, -0.25) is 0 Å². The van der Waals surface area contributed by atoms with E-state index in [1.807, 2.05) is 0 Å². The smallest absolute Gasteiger partial charge is 0.0813 e. The van der Waals surface area contributed by atoms with Gasteiger partial charge in [-0.1, -0.05) is 6.08 Å². The Kier molecular flexibility index (Phi) is 3.60. The van der Waals surface area contributed by atoms with Crippen molar-refractivity contribution in [3.8, 4) is 0 Å². The van der Waals surface area contributed by atoms with Crippen LogP contribution in [-0.2, 0) is 9.47 Å². The molecule has 1 heterocycles. The van der Waals surface area contributed by atoms with E-state index in [0.717, 1.165) is 19.4 Å². The molecular weight excluding hydrogens is 140 g/mol. The molecule has 11 heavy (non-hydrogen) atoms. The number of hydrogen-bond acceptors (Lipinski definition) is 2. The molecule has 1 aliphatic heterocycles. The van der Waals surface area contributed by atoms with E-state index in [0.29, 0.717) is 18.8 Å². The SMILES string of the molecule is C=CCOC1CCC(C)OC1. The Hall–Kier alpha value is -0.340. The summed E-state index contributed by atoms with van der Waals surface area (Å²) in [6, 6.07) is 0. The van der Waals surface area contributed by atoms with Gasteiger partial charge in [-0.05, 0) is 19.8 Å². The molecule has 0 aromatic rings. The molecule has 64 valence electrons. The molecule has 2 atom stereocenters. The van der Waals surface area contributed by atoms with E-state index in [4.69, 9.17) is 9.47 Å². The number of hydrogen-bond donors (Lipinski definition) is 0. The summed E-state index contributed by atoms with van der Waals surface area (Å²) < 4.78 is 10.9. The second-order valence-electron chi connectivity index (χ2n) is 2.97. The Morgan fingerprint density at radius 3 is 3.00 bits per heavy atom. The van der Waals surface area contributed by atoms with Crippen LogP contribution in [0.25, 0.3) is 0 Å². The van der Waals surface area contributed by atoms with Crippen LogP contribution in [0.3, 0.4) is 0 Å². The summed E-state index contributed by atoms with van der Waals surface area (Å²) in [6.07, 6.45) is 4.72. The quantitative estimate of drug-likeness (QED) is 0.580. The van der Waals surface area contributed by atoms with Gasteiger partial charge in [-0.15, -0.1) is 6.58 Å². The third-order valence-electron chi connectivity index (χ3n) is 1.91. The van der Waals surface area contributed by atoms with Crippen molar-refractivity contribution in [1.82, 2.24) is 0 Å². The second kappa shape index (κ2) is 4.52. The highest BCUT2D eigenvalue weighted by atomic mass is 16.5. The van der Waals surface area contributed by atoms with Crippen LogP contribution in [0.1, 0.15) is 19.8 Å². The number of rotatable bonds is 3. The third-order valence-corrected chi connectivity index (χ3v) is 1.91. The average Bonchev–Trinajstić information content (AvgIpc) is 2.04. The predicted molar refractivity (Wildman–Crippen MR) is 44.6 cm³/mol. The maximum Gasteiger partial charge on any atom is 0.0813 e. The van der Waals surface area contributed by atoms with Crippen LogP contribution in [0.2, 0.25) is 0 Å². The van der Waals surface area contributed by atoms with Gasteiger partial charge in [0, 0.05) is 0 Å². The summed E-state index contributed by atoms with van der Waals surface area (Å²) in [5.74, 6) is 0. The Labute approximate surface area is 68.2 Å². The number of ether oxygens (including phenoxy) is 2. The zero-order valence-electron chi connectivity index (χ0n) is 7.08. The van der Waals surface area contributed by atoms with Crippen molar-refractivity contribution in [1.29, 1.82) is 0 Å². The Morgan fingerprint density at radius 2 is 2.45 bits per heavy atom. The molecule has 0 aromatic carbocycles. The molecule has 2 unspecified atom stereocenters. The molecular formula is C9H16O2. The van der Waals surface area contributed by atoms with Crippen molar-refractivity contribution < 1.29 is 9.47 Å². The van der Waals surface area contributed by atoms with E-state index in [9.17, 15) is 0 Å². The van der Waals surface area contributed by atoms with Crippen LogP contribution in [0.15, 0.2) is 12.7 Å². The lowest BCUT2D eigenvalue weighted by Gasteiger charge is -2.26. The van der Waals surface area contributed by atoms with Gasteiger partial charge in [-0.25, -0.2) is 0 Å². The molecule has 1 aliphatic rings. The average molecular weight is 156 g/mol. The summed E-state index contributed by atoms with van der Waals surface area (Å²) in [6.45, 7) is 7.08. The highest BCUT2D eigenvalue weighted by molar-refractivity contribution is 4.70. The Morgan fingerprint density at radius 1 is 1.64 bits per heavy atom. The first-order valence-electron chi connectivity index (χ1n) is 4.17. The van der Waals surface area contributed by atoms with Gasteiger partial charge in [0.2, 0.25) is 0 Å². The van der Waals surface area contributed by atoms with Crippen molar-refractivity contribution in [2.45, 2.75) is 32.0 Å². The third kappa shape index (κ3) is 3.04. The van der Waals surface area contributed by atoms with E-state index in [2.05, 4.69) is 13.5 Å². The summed E-state index contributed by atoms with van der Waals surface area (Å²) in [5, 5.41) is 0. The second-order valence-corrected chi connectivity index (χ2v) is 2.97. The van der Waals surface area contributed by atoms with Crippen molar-refractivity contribution in [3.63, 3.8) is 0 Å². The van der Waals surface area contributed by atoms with Gasteiger partial charge in [0.25, 0.3) is 0 Å². The lowest BCUT2D eigenvalue weighted by atomic mass is 10.1. The van der Waals surface area contributed by atoms with Gasteiger partial charge < -0.3 is 9.47 Å². The highest BCUT2D eigenvalue weighted by Gasteiger charge is 2.17.